The van der Waals surface area contributed by atoms with Crippen LogP contribution in [0.2, 0.25) is 5.02 Å². The Kier molecular flexibility index (Phi) is 9.18. The highest BCUT2D eigenvalue weighted by Gasteiger charge is 2.14. The Bertz CT molecular complexity index is 438. The van der Waals surface area contributed by atoms with Gasteiger partial charge in [-0.05, 0) is 23.8 Å². The fraction of sp³-hybridized carbons (Fsp3) is 0.462. The summed E-state index contributed by atoms with van der Waals surface area (Å²) in [4.78, 5) is 13.8. The number of carbonyl (C=O) groups excluding carboxylic acids is 1. The SMILES string of the molecule is COC(=O)c1ccc(Cl)c(CN2CCNCC2)c1.Cl.Cl. The summed E-state index contributed by atoms with van der Waals surface area (Å²) in [6.45, 7) is 4.76. The molecule has 1 heterocycles. The molecule has 1 saturated heterocycles. The van der Waals surface area contributed by atoms with E-state index in [4.69, 9.17) is 16.3 Å². The van der Waals surface area contributed by atoms with Crippen LogP contribution in [-0.2, 0) is 11.3 Å². The van der Waals surface area contributed by atoms with Gasteiger partial charge >= 0.3 is 5.97 Å². The number of ether oxygens (including phenoxy) is 1. The summed E-state index contributed by atoms with van der Waals surface area (Å²) in [5.74, 6) is -0.326. The zero-order valence-corrected chi connectivity index (χ0v) is 13.6. The molecule has 2 rings (SSSR count). The average Bonchev–Trinajstić information content (AvgIpc) is 2.41. The van der Waals surface area contributed by atoms with E-state index in [0.717, 1.165) is 38.3 Å². The van der Waals surface area contributed by atoms with Crippen molar-refractivity contribution in [1.29, 1.82) is 0 Å². The maximum Gasteiger partial charge on any atom is 0.337 e. The Morgan fingerprint density at radius 3 is 2.60 bits per heavy atom. The van der Waals surface area contributed by atoms with Crippen LogP contribution in [0.5, 0.6) is 0 Å². The van der Waals surface area contributed by atoms with Gasteiger partial charge in [-0.25, -0.2) is 4.79 Å². The molecule has 0 amide bonds. The highest BCUT2D eigenvalue weighted by atomic mass is 35.5. The summed E-state index contributed by atoms with van der Waals surface area (Å²) in [5, 5.41) is 4.00. The third-order valence-corrected chi connectivity index (χ3v) is 3.44. The Balaban J connectivity index is 0.00000180. The minimum Gasteiger partial charge on any atom is -0.465 e. The molecule has 0 radical (unpaired) electrons. The molecule has 0 aliphatic carbocycles. The van der Waals surface area contributed by atoms with E-state index in [9.17, 15) is 4.79 Å². The first-order chi connectivity index (χ1) is 8.70. The van der Waals surface area contributed by atoms with E-state index in [0.29, 0.717) is 10.6 Å². The van der Waals surface area contributed by atoms with Crippen LogP contribution in [0.3, 0.4) is 0 Å². The minimum absolute atomic E-state index is 0. The molecule has 1 aliphatic heterocycles. The number of methoxy groups -OCH3 is 1. The quantitative estimate of drug-likeness (QED) is 0.857. The standard InChI is InChI=1S/C13H17ClN2O2.2ClH/c1-18-13(17)10-2-3-12(14)11(8-10)9-16-6-4-15-5-7-16;;/h2-3,8,15H,4-7,9H2,1H3;2*1H. The van der Waals surface area contributed by atoms with Gasteiger partial charge in [0.1, 0.15) is 0 Å². The van der Waals surface area contributed by atoms with Gasteiger partial charge in [0.05, 0.1) is 12.7 Å². The largest absolute Gasteiger partial charge is 0.465 e. The summed E-state index contributed by atoms with van der Waals surface area (Å²) in [7, 11) is 1.38. The zero-order valence-electron chi connectivity index (χ0n) is 11.2. The van der Waals surface area contributed by atoms with Crippen LogP contribution >= 0.6 is 36.4 Å². The Morgan fingerprint density at radius 1 is 1.35 bits per heavy atom. The molecule has 0 atom stereocenters. The van der Waals surface area contributed by atoms with Crippen molar-refractivity contribution in [2.75, 3.05) is 33.3 Å². The van der Waals surface area contributed by atoms with Crippen molar-refractivity contribution in [2.24, 2.45) is 0 Å². The third kappa shape index (κ3) is 5.11. The first-order valence-corrected chi connectivity index (χ1v) is 6.38. The van der Waals surface area contributed by atoms with E-state index in [1.807, 2.05) is 6.07 Å². The van der Waals surface area contributed by atoms with Crippen LogP contribution in [0, 0.1) is 0 Å². The van der Waals surface area contributed by atoms with Gasteiger partial charge in [0.15, 0.2) is 0 Å². The molecule has 20 heavy (non-hydrogen) atoms. The van der Waals surface area contributed by atoms with Gasteiger partial charge in [0.2, 0.25) is 0 Å². The minimum atomic E-state index is -0.326. The van der Waals surface area contributed by atoms with E-state index in [1.165, 1.54) is 7.11 Å². The van der Waals surface area contributed by atoms with Gasteiger partial charge in [-0.15, -0.1) is 24.8 Å². The van der Waals surface area contributed by atoms with Crippen LogP contribution in [0.1, 0.15) is 15.9 Å². The number of rotatable bonds is 3. The predicted molar refractivity (Wildman–Crippen MR) is 85.4 cm³/mol. The van der Waals surface area contributed by atoms with Crippen molar-refractivity contribution >= 4 is 42.4 Å². The average molecular weight is 342 g/mol. The molecule has 0 saturated carbocycles. The third-order valence-electron chi connectivity index (χ3n) is 3.07. The van der Waals surface area contributed by atoms with E-state index < -0.39 is 0 Å². The van der Waals surface area contributed by atoms with Crippen molar-refractivity contribution < 1.29 is 9.53 Å². The molecule has 0 unspecified atom stereocenters. The van der Waals surface area contributed by atoms with Gasteiger partial charge in [-0.3, -0.25) is 4.90 Å². The number of hydrogen-bond donors (Lipinski definition) is 1. The fourth-order valence-electron chi connectivity index (χ4n) is 2.05. The van der Waals surface area contributed by atoms with Gasteiger partial charge in [-0.2, -0.15) is 0 Å². The highest BCUT2D eigenvalue weighted by Crippen LogP contribution is 2.20. The first-order valence-electron chi connectivity index (χ1n) is 6.00. The molecule has 0 aromatic heterocycles. The van der Waals surface area contributed by atoms with E-state index in [2.05, 4.69) is 10.2 Å². The van der Waals surface area contributed by atoms with Crippen LogP contribution < -0.4 is 5.32 Å². The number of carbonyl (C=O) groups is 1. The highest BCUT2D eigenvalue weighted by molar-refractivity contribution is 6.31. The summed E-state index contributed by atoms with van der Waals surface area (Å²) in [6, 6.07) is 5.26. The number of hydrogen-bond acceptors (Lipinski definition) is 4. The lowest BCUT2D eigenvalue weighted by atomic mass is 10.1. The molecule has 4 nitrogen and oxygen atoms in total. The monoisotopic (exact) mass is 340 g/mol. The summed E-state index contributed by atoms with van der Waals surface area (Å²) < 4.78 is 4.72. The molecule has 0 bridgehead atoms. The molecule has 114 valence electrons. The van der Waals surface area contributed by atoms with Gasteiger partial charge in [-0.1, -0.05) is 11.6 Å². The maximum atomic E-state index is 11.5. The van der Waals surface area contributed by atoms with E-state index >= 15 is 0 Å². The molecule has 1 aromatic carbocycles. The topological polar surface area (TPSA) is 41.6 Å². The lowest BCUT2D eigenvalue weighted by Gasteiger charge is -2.27. The van der Waals surface area contributed by atoms with Crippen LogP contribution in [0.25, 0.3) is 0 Å². The summed E-state index contributed by atoms with van der Waals surface area (Å²) >= 11 is 6.17. The maximum absolute atomic E-state index is 11.5. The van der Waals surface area contributed by atoms with E-state index in [-0.39, 0.29) is 30.8 Å². The molecule has 1 aliphatic rings. The molecule has 1 N–H and O–H groups in total. The Labute approximate surface area is 136 Å². The number of benzene rings is 1. The van der Waals surface area contributed by atoms with Gasteiger partial charge in [0.25, 0.3) is 0 Å². The smallest absolute Gasteiger partial charge is 0.337 e. The molecule has 7 heteroatoms. The summed E-state index contributed by atoms with van der Waals surface area (Å²) in [6.07, 6.45) is 0. The normalized spacial score (nSPS) is 14.9. The number of nitrogens with zero attached hydrogens (tertiary/aromatic N) is 1. The molecule has 0 spiro atoms. The van der Waals surface area contributed by atoms with Crippen LogP contribution in [0.15, 0.2) is 18.2 Å². The van der Waals surface area contributed by atoms with Crippen LogP contribution in [-0.4, -0.2) is 44.2 Å². The van der Waals surface area contributed by atoms with Gasteiger partial charge < -0.3 is 10.1 Å². The first kappa shape index (κ1) is 19.5. The second-order valence-corrected chi connectivity index (χ2v) is 4.73. The zero-order chi connectivity index (χ0) is 13.0. The predicted octanol–water partition coefficient (Wildman–Crippen LogP) is 2.38. The second-order valence-electron chi connectivity index (χ2n) is 4.32. The van der Waals surface area contributed by atoms with Crippen molar-refractivity contribution in [1.82, 2.24) is 10.2 Å². The summed E-state index contributed by atoms with van der Waals surface area (Å²) in [5.41, 5.74) is 1.52. The van der Waals surface area contributed by atoms with Crippen LogP contribution in [0.4, 0.5) is 0 Å². The Hall–Kier alpha value is -0.520. The van der Waals surface area contributed by atoms with Crippen molar-refractivity contribution in [3.63, 3.8) is 0 Å². The van der Waals surface area contributed by atoms with Gasteiger partial charge in [0, 0.05) is 37.7 Å². The molecular formula is C13H19Cl3N2O2. The number of piperazine rings is 1. The van der Waals surface area contributed by atoms with E-state index in [1.54, 1.807) is 12.1 Å². The number of halogens is 3. The lowest BCUT2D eigenvalue weighted by Crippen LogP contribution is -2.42. The van der Waals surface area contributed by atoms with Crippen molar-refractivity contribution in [2.45, 2.75) is 6.54 Å². The second kappa shape index (κ2) is 9.42. The van der Waals surface area contributed by atoms with Crippen molar-refractivity contribution in [3.05, 3.63) is 34.3 Å². The molecular weight excluding hydrogens is 323 g/mol. The lowest BCUT2D eigenvalue weighted by molar-refractivity contribution is 0.0600. The Morgan fingerprint density at radius 2 is 2.00 bits per heavy atom. The number of esters is 1. The van der Waals surface area contributed by atoms with Crippen molar-refractivity contribution in [3.8, 4) is 0 Å². The molecule has 1 fully saturated rings. The molecule has 1 aromatic rings. The fourth-order valence-corrected chi connectivity index (χ4v) is 2.23. The number of nitrogens with one attached hydrogen (secondary N) is 1.